The summed E-state index contributed by atoms with van der Waals surface area (Å²) < 4.78 is 0. The SMILES string of the molecule is Nc1ccc(-c2nccc3c2[nH]c2ccccc23)[nH]1. The molecule has 0 aliphatic heterocycles. The number of aromatic amines is 2. The molecular weight excluding hydrogens is 236 g/mol. The second-order valence-corrected chi connectivity index (χ2v) is 4.58. The molecule has 4 nitrogen and oxygen atoms in total. The van der Waals surface area contributed by atoms with Gasteiger partial charge in [0.05, 0.1) is 11.2 Å². The molecule has 0 atom stereocenters. The van der Waals surface area contributed by atoms with Gasteiger partial charge >= 0.3 is 0 Å². The van der Waals surface area contributed by atoms with E-state index in [1.54, 1.807) is 0 Å². The Labute approximate surface area is 109 Å². The van der Waals surface area contributed by atoms with E-state index in [4.69, 9.17) is 5.73 Å². The fourth-order valence-corrected chi connectivity index (χ4v) is 2.53. The van der Waals surface area contributed by atoms with Gasteiger partial charge in [0.25, 0.3) is 0 Å². The summed E-state index contributed by atoms with van der Waals surface area (Å²) in [6.45, 7) is 0. The summed E-state index contributed by atoms with van der Waals surface area (Å²) in [6.07, 6.45) is 1.83. The van der Waals surface area contributed by atoms with Crippen molar-refractivity contribution in [3.63, 3.8) is 0 Å². The second kappa shape index (κ2) is 3.62. The first-order valence-corrected chi connectivity index (χ1v) is 6.13. The van der Waals surface area contributed by atoms with Crippen molar-refractivity contribution in [2.45, 2.75) is 0 Å². The van der Waals surface area contributed by atoms with E-state index in [0.29, 0.717) is 5.82 Å². The molecule has 0 bridgehead atoms. The molecule has 4 N–H and O–H groups in total. The maximum absolute atomic E-state index is 5.74. The van der Waals surface area contributed by atoms with Gasteiger partial charge in [-0.3, -0.25) is 4.98 Å². The first-order valence-electron chi connectivity index (χ1n) is 6.13. The van der Waals surface area contributed by atoms with Crippen molar-refractivity contribution in [1.82, 2.24) is 15.0 Å². The summed E-state index contributed by atoms with van der Waals surface area (Å²) in [5, 5.41) is 2.38. The van der Waals surface area contributed by atoms with Crippen molar-refractivity contribution >= 4 is 27.6 Å². The van der Waals surface area contributed by atoms with Gasteiger partial charge in [0.1, 0.15) is 11.5 Å². The van der Waals surface area contributed by atoms with E-state index in [2.05, 4.69) is 27.1 Å². The number of benzene rings is 1. The molecule has 4 aromatic rings. The van der Waals surface area contributed by atoms with Crippen LogP contribution in [0.2, 0.25) is 0 Å². The van der Waals surface area contributed by atoms with Crippen LogP contribution in [0.25, 0.3) is 33.2 Å². The van der Waals surface area contributed by atoms with Crippen LogP contribution in [-0.2, 0) is 0 Å². The maximum Gasteiger partial charge on any atom is 0.111 e. The topological polar surface area (TPSA) is 70.5 Å². The molecule has 1 aromatic carbocycles. The summed E-state index contributed by atoms with van der Waals surface area (Å²) in [4.78, 5) is 11.0. The van der Waals surface area contributed by atoms with Crippen LogP contribution < -0.4 is 5.73 Å². The van der Waals surface area contributed by atoms with Crippen molar-refractivity contribution < 1.29 is 0 Å². The van der Waals surface area contributed by atoms with E-state index >= 15 is 0 Å². The van der Waals surface area contributed by atoms with Gasteiger partial charge in [0.2, 0.25) is 0 Å². The molecule has 0 saturated carbocycles. The third kappa shape index (κ3) is 1.43. The van der Waals surface area contributed by atoms with Gasteiger partial charge in [0.15, 0.2) is 0 Å². The lowest BCUT2D eigenvalue weighted by molar-refractivity contribution is 1.29. The van der Waals surface area contributed by atoms with Crippen LogP contribution in [0.1, 0.15) is 0 Å². The predicted molar refractivity (Wildman–Crippen MR) is 77.8 cm³/mol. The maximum atomic E-state index is 5.74. The Hall–Kier alpha value is -2.75. The standard InChI is InChI=1S/C15H12N4/c16-13-6-5-12(18-13)15-14-10(7-8-17-15)9-3-1-2-4-11(9)19-14/h1-8,18-19H,16H2. The highest BCUT2D eigenvalue weighted by molar-refractivity contribution is 6.10. The number of hydrogen-bond donors (Lipinski definition) is 3. The number of nitrogens with one attached hydrogen (secondary N) is 2. The van der Waals surface area contributed by atoms with Gasteiger partial charge in [-0.25, -0.2) is 0 Å². The minimum absolute atomic E-state index is 0.643. The van der Waals surface area contributed by atoms with E-state index < -0.39 is 0 Å². The van der Waals surface area contributed by atoms with Gasteiger partial charge in [-0.1, -0.05) is 18.2 Å². The highest BCUT2D eigenvalue weighted by Gasteiger charge is 2.11. The van der Waals surface area contributed by atoms with Crippen molar-refractivity contribution in [2.75, 3.05) is 5.73 Å². The van der Waals surface area contributed by atoms with Crippen molar-refractivity contribution in [3.05, 3.63) is 48.7 Å². The quantitative estimate of drug-likeness (QED) is 0.483. The molecular formula is C15H12N4. The molecule has 3 heterocycles. The zero-order chi connectivity index (χ0) is 12.8. The van der Waals surface area contributed by atoms with Crippen molar-refractivity contribution in [2.24, 2.45) is 0 Å². The number of para-hydroxylation sites is 1. The van der Waals surface area contributed by atoms with Gasteiger partial charge in [-0.15, -0.1) is 0 Å². The van der Waals surface area contributed by atoms with Crippen molar-refractivity contribution in [1.29, 1.82) is 0 Å². The molecule has 3 aromatic heterocycles. The Morgan fingerprint density at radius 2 is 1.79 bits per heavy atom. The van der Waals surface area contributed by atoms with Crippen LogP contribution in [0.3, 0.4) is 0 Å². The third-order valence-electron chi connectivity index (χ3n) is 3.39. The second-order valence-electron chi connectivity index (χ2n) is 4.58. The third-order valence-corrected chi connectivity index (χ3v) is 3.39. The summed E-state index contributed by atoms with van der Waals surface area (Å²) >= 11 is 0. The van der Waals surface area contributed by atoms with Crippen LogP contribution in [-0.4, -0.2) is 15.0 Å². The highest BCUT2D eigenvalue weighted by atomic mass is 14.9. The molecule has 0 spiro atoms. The number of pyridine rings is 1. The molecule has 0 aliphatic carbocycles. The lowest BCUT2D eigenvalue weighted by Crippen LogP contribution is -1.87. The average molecular weight is 248 g/mol. The predicted octanol–water partition coefficient (Wildman–Crippen LogP) is 3.29. The highest BCUT2D eigenvalue weighted by Crippen LogP contribution is 2.31. The Balaban J connectivity index is 2.12. The van der Waals surface area contributed by atoms with Crippen molar-refractivity contribution in [3.8, 4) is 11.4 Å². The number of rotatable bonds is 1. The Bertz CT molecular complexity index is 885. The van der Waals surface area contributed by atoms with Gasteiger partial charge in [-0.05, 0) is 24.3 Å². The number of aromatic nitrogens is 3. The fourth-order valence-electron chi connectivity index (χ4n) is 2.53. The summed E-state index contributed by atoms with van der Waals surface area (Å²) in [5.74, 6) is 0.643. The molecule has 0 fully saturated rings. The summed E-state index contributed by atoms with van der Waals surface area (Å²) in [6, 6.07) is 14.1. The molecule has 0 unspecified atom stereocenters. The minimum Gasteiger partial charge on any atom is -0.385 e. The zero-order valence-electron chi connectivity index (χ0n) is 10.1. The average Bonchev–Trinajstić information content (AvgIpc) is 3.02. The van der Waals surface area contributed by atoms with Crippen LogP contribution in [0.15, 0.2) is 48.7 Å². The first-order chi connectivity index (χ1) is 9.33. The lowest BCUT2D eigenvalue weighted by atomic mass is 10.1. The normalized spacial score (nSPS) is 11.4. The number of H-pyrrole nitrogens is 2. The van der Waals surface area contributed by atoms with Crippen LogP contribution in [0.5, 0.6) is 0 Å². The number of anilines is 1. The Morgan fingerprint density at radius 1 is 0.895 bits per heavy atom. The zero-order valence-corrected chi connectivity index (χ0v) is 10.1. The van der Waals surface area contributed by atoms with Gasteiger partial charge in [0, 0.05) is 22.5 Å². The number of fused-ring (bicyclic) bond motifs is 3. The minimum atomic E-state index is 0.643. The number of nitrogens with two attached hydrogens (primary N) is 1. The molecule has 4 heteroatoms. The lowest BCUT2D eigenvalue weighted by Gasteiger charge is -1.99. The summed E-state index contributed by atoms with van der Waals surface area (Å²) in [7, 11) is 0. The molecule has 0 aliphatic rings. The Morgan fingerprint density at radius 3 is 2.63 bits per heavy atom. The monoisotopic (exact) mass is 248 g/mol. The Kier molecular flexibility index (Phi) is 1.94. The van der Waals surface area contributed by atoms with Gasteiger partial charge in [-0.2, -0.15) is 0 Å². The van der Waals surface area contributed by atoms with Crippen LogP contribution >= 0.6 is 0 Å². The smallest absolute Gasteiger partial charge is 0.111 e. The van der Waals surface area contributed by atoms with Gasteiger partial charge < -0.3 is 15.7 Å². The number of nitrogens with zero attached hydrogens (tertiary/aromatic N) is 1. The van der Waals surface area contributed by atoms with Crippen LogP contribution in [0, 0.1) is 0 Å². The molecule has 19 heavy (non-hydrogen) atoms. The number of hydrogen-bond acceptors (Lipinski definition) is 2. The number of nitrogen functional groups attached to an aromatic ring is 1. The first kappa shape index (κ1) is 10.2. The van der Waals surface area contributed by atoms with E-state index in [1.807, 2.05) is 36.5 Å². The van der Waals surface area contributed by atoms with E-state index in [-0.39, 0.29) is 0 Å². The molecule has 0 amide bonds. The van der Waals surface area contributed by atoms with E-state index in [9.17, 15) is 0 Å². The molecule has 0 saturated heterocycles. The van der Waals surface area contributed by atoms with E-state index in [0.717, 1.165) is 22.4 Å². The fraction of sp³-hybridized carbons (Fsp3) is 0. The summed E-state index contributed by atoms with van der Waals surface area (Å²) in [5.41, 5.74) is 9.71. The largest absolute Gasteiger partial charge is 0.385 e. The molecule has 4 rings (SSSR count). The van der Waals surface area contributed by atoms with Crippen LogP contribution in [0.4, 0.5) is 5.82 Å². The molecule has 0 radical (unpaired) electrons. The van der Waals surface area contributed by atoms with E-state index in [1.165, 1.54) is 10.8 Å². The molecule has 92 valence electrons.